The topological polar surface area (TPSA) is 42.0 Å². The van der Waals surface area contributed by atoms with E-state index in [0.717, 1.165) is 32.9 Å². The number of nitrogens with zero attached hydrogens (tertiary/aromatic N) is 1. The third kappa shape index (κ3) is 4.58. The first-order valence-electron chi connectivity index (χ1n) is 9.01. The van der Waals surface area contributed by atoms with Crippen molar-refractivity contribution in [2.45, 2.75) is 6.18 Å². The van der Waals surface area contributed by atoms with Gasteiger partial charge in [0.05, 0.1) is 15.8 Å². The fraction of sp³-hybridized carbons (Fsp3) is 0.0435. The van der Waals surface area contributed by atoms with Crippen molar-refractivity contribution < 1.29 is 18.0 Å². The van der Waals surface area contributed by atoms with E-state index in [1.165, 1.54) is 12.1 Å². The molecule has 30 heavy (non-hydrogen) atoms. The molecule has 0 fully saturated rings. The first-order chi connectivity index (χ1) is 14.4. The molecule has 3 nitrogen and oxygen atoms in total. The highest BCUT2D eigenvalue weighted by Crippen LogP contribution is 2.29. The van der Waals surface area contributed by atoms with Gasteiger partial charge < -0.3 is 5.32 Å². The van der Waals surface area contributed by atoms with E-state index in [-0.39, 0.29) is 5.56 Å². The molecule has 1 aromatic heterocycles. The Balaban J connectivity index is 1.44. The number of carbonyl (C=O) groups excluding carboxylic acids is 1. The zero-order valence-electron chi connectivity index (χ0n) is 15.5. The molecule has 7 heteroatoms. The number of para-hydroxylation sites is 1. The molecule has 0 saturated heterocycles. The summed E-state index contributed by atoms with van der Waals surface area (Å²) in [6, 6.07) is 19.3. The number of carbonyl (C=O) groups is 1. The van der Waals surface area contributed by atoms with Crippen molar-refractivity contribution in [1.29, 1.82) is 0 Å². The number of hydrogen-bond donors (Lipinski definition) is 1. The normalized spacial score (nSPS) is 11.8. The van der Waals surface area contributed by atoms with Crippen molar-refractivity contribution in [2.75, 3.05) is 5.32 Å². The van der Waals surface area contributed by atoms with Crippen molar-refractivity contribution in [2.24, 2.45) is 0 Å². The van der Waals surface area contributed by atoms with E-state index < -0.39 is 17.6 Å². The van der Waals surface area contributed by atoms with Crippen molar-refractivity contribution in [1.82, 2.24) is 4.98 Å². The minimum absolute atomic E-state index is 0.0513. The zero-order valence-corrected chi connectivity index (χ0v) is 16.3. The average molecular weight is 424 g/mol. The Labute approximate surface area is 174 Å². The molecule has 0 aliphatic rings. The van der Waals surface area contributed by atoms with E-state index in [1.54, 1.807) is 23.5 Å². The van der Waals surface area contributed by atoms with Crippen LogP contribution in [0.25, 0.3) is 22.4 Å². The molecule has 0 saturated carbocycles. The maximum absolute atomic E-state index is 12.8. The fourth-order valence-corrected chi connectivity index (χ4v) is 3.72. The molecule has 0 aliphatic carbocycles. The van der Waals surface area contributed by atoms with Gasteiger partial charge in [-0.2, -0.15) is 13.2 Å². The SMILES string of the molecule is O=C(Nc1ccc(/C=C/c2nc3ccccc3s2)cc1)c1cccc(C(F)(F)F)c1. The van der Waals surface area contributed by atoms with Gasteiger partial charge in [0.15, 0.2) is 0 Å². The fourth-order valence-electron chi connectivity index (χ4n) is 2.85. The quantitative estimate of drug-likeness (QED) is 0.394. The van der Waals surface area contributed by atoms with E-state index in [4.69, 9.17) is 0 Å². The number of benzene rings is 3. The highest BCUT2D eigenvalue weighted by Gasteiger charge is 2.30. The van der Waals surface area contributed by atoms with Crippen LogP contribution in [-0.2, 0) is 6.18 Å². The zero-order chi connectivity index (χ0) is 21.1. The van der Waals surface area contributed by atoms with E-state index in [0.29, 0.717) is 5.69 Å². The minimum atomic E-state index is -4.49. The summed E-state index contributed by atoms with van der Waals surface area (Å²) in [4.78, 5) is 16.8. The van der Waals surface area contributed by atoms with E-state index in [2.05, 4.69) is 10.3 Å². The van der Waals surface area contributed by atoms with Gasteiger partial charge in [0.25, 0.3) is 5.91 Å². The highest BCUT2D eigenvalue weighted by atomic mass is 32.1. The molecule has 150 valence electrons. The first kappa shape index (κ1) is 19.8. The molecule has 0 spiro atoms. The molecule has 0 radical (unpaired) electrons. The predicted molar refractivity (Wildman–Crippen MR) is 114 cm³/mol. The molecule has 1 amide bonds. The van der Waals surface area contributed by atoms with Gasteiger partial charge in [-0.3, -0.25) is 4.79 Å². The first-order valence-corrected chi connectivity index (χ1v) is 9.82. The Morgan fingerprint density at radius 3 is 2.43 bits per heavy atom. The lowest BCUT2D eigenvalue weighted by Crippen LogP contribution is -2.13. The number of thiazole rings is 1. The molecular formula is C23H15F3N2OS. The Kier molecular flexibility index (Phi) is 5.37. The summed E-state index contributed by atoms with van der Waals surface area (Å²) in [5.41, 5.74) is 1.45. The van der Waals surface area contributed by atoms with Crippen molar-refractivity contribution in [3.8, 4) is 0 Å². The number of halogens is 3. The number of aromatic nitrogens is 1. The molecule has 0 atom stereocenters. The maximum atomic E-state index is 12.8. The third-order valence-electron chi connectivity index (χ3n) is 4.35. The second-order valence-corrected chi connectivity index (χ2v) is 7.57. The number of rotatable bonds is 4. The van der Waals surface area contributed by atoms with Crippen LogP contribution >= 0.6 is 11.3 Å². The molecule has 4 rings (SSSR count). The van der Waals surface area contributed by atoms with Crippen molar-refractivity contribution in [3.05, 3.63) is 94.5 Å². The Morgan fingerprint density at radius 2 is 1.70 bits per heavy atom. The molecule has 1 heterocycles. The second kappa shape index (κ2) is 8.12. The van der Waals surface area contributed by atoms with Gasteiger partial charge in [0, 0.05) is 11.3 Å². The minimum Gasteiger partial charge on any atom is -0.322 e. The summed E-state index contributed by atoms with van der Waals surface area (Å²) in [5.74, 6) is -0.598. The Hall–Kier alpha value is -3.45. The van der Waals surface area contributed by atoms with Crippen LogP contribution < -0.4 is 5.32 Å². The van der Waals surface area contributed by atoms with Crippen LogP contribution in [0.5, 0.6) is 0 Å². The van der Waals surface area contributed by atoms with Crippen LogP contribution in [0, 0.1) is 0 Å². The van der Waals surface area contributed by atoms with Crippen LogP contribution in [0.4, 0.5) is 18.9 Å². The number of nitrogens with one attached hydrogen (secondary N) is 1. The predicted octanol–water partition coefficient (Wildman–Crippen LogP) is 6.74. The van der Waals surface area contributed by atoms with Crippen LogP contribution in [0.3, 0.4) is 0 Å². The van der Waals surface area contributed by atoms with Crippen LogP contribution in [-0.4, -0.2) is 10.9 Å². The van der Waals surface area contributed by atoms with Gasteiger partial charge in [-0.15, -0.1) is 11.3 Å². The van der Waals surface area contributed by atoms with Gasteiger partial charge in [-0.25, -0.2) is 4.98 Å². The standard InChI is InChI=1S/C23H15F3N2OS/c24-23(25,26)17-5-3-4-16(14-17)22(29)27-18-11-8-15(9-12-18)10-13-21-28-19-6-1-2-7-20(19)30-21/h1-14H,(H,27,29)/b13-10+. The summed E-state index contributed by atoms with van der Waals surface area (Å²) in [7, 11) is 0. The molecular weight excluding hydrogens is 409 g/mol. The summed E-state index contributed by atoms with van der Waals surface area (Å²) in [6.45, 7) is 0. The van der Waals surface area contributed by atoms with Crippen LogP contribution in [0.1, 0.15) is 26.5 Å². The lowest BCUT2D eigenvalue weighted by molar-refractivity contribution is -0.137. The van der Waals surface area contributed by atoms with E-state index in [9.17, 15) is 18.0 Å². The summed E-state index contributed by atoms with van der Waals surface area (Å²) >= 11 is 1.59. The van der Waals surface area contributed by atoms with E-state index in [1.807, 2.05) is 48.6 Å². The molecule has 0 aliphatic heterocycles. The summed E-state index contributed by atoms with van der Waals surface area (Å²) < 4.78 is 39.6. The molecule has 3 aromatic carbocycles. The molecule has 4 aromatic rings. The number of anilines is 1. The monoisotopic (exact) mass is 424 g/mol. The molecule has 0 unspecified atom stereocenters. The largest absolute Gasteiger partial charge is 0.416 e. The van der Waals surface area contributed by atoms with Crippen LogP contribution in [0.2, 0.25) is 0 Å². The number of hydrogen-bond acceptors (Lipinski definition) is 3. The number of alkyl halides is 3. The smallest absolute Gasteiger partial charge is 0.322 e. The lowest BCUT2D eigenvalue weighted by Gasteiger charge is -2.09. The van der Waals surface area contributed by atoms with Gasteiger partial charge >= 0.3 is 6.18 Å². The van der Waals surface area contributed by atoms with Gasteiger partial charge in [0.1, 0.15) is 5.01 Å². The summed E-state index contributed by atoms with van der Waals surface area (Å²) in [6.07, 6.45) is -0.662. The second-order valence-electron chi connectivity index (χ2n) is 6.51. The van der Waals surface area contributed by atoms with Crippen molar-refractivity contribution >= 4 is 45.3 Å². The Morgan fingerprint density at radius 1 is 0.933 bits per heavy atom. The third-order valence-corrected chi connectivity index (χ3v) is 5.35. The van der Waals surface area contributed by atoms with Crippen LogP contribution in [0.15, 0.2) is 72.8 Å². The number of fused-ring (bicyclic) bond motifs is 1. The highest BCUT2D eigenvalue weighted by molar-refractivity contribution is 7.19. The van der Waals surface area contributed by atoms with E-state index >= 15 is 0 Å². The number of amides is 1. The van der Waals surface area contributed by atoms with Crippen molar-refractivity contribution in [3.63, 3.8) is 0 Å². The maximum Gasteiger partial charge on any atom is 0.416 e. The average Bonchev–Trinajstić information content (AvgIpc) is 3.16. The van der Waals surface area contributed by atoms with Gasteiger partial charge in [-0.1, -0.05) is 36.4 Å². The lowest BCUT2D eigenvalue weighted by atomic mass is 10.1. The van der Waals surface area contributed by atoms with Gasteiger partial charge in [-0.05, 0) is 54.1 Å². The summed E-state index contributed by atoms with van der Waals surface area (Å²) in [5, 5.41) is 3.50. The Bertz CT molecular complexity index is 1190. The van der Waals surface area contributed by atoms with Gasteiger partial charge in [0.2, 0.25) is 0 Å². The molecule has 1 N–H and O–H groups in total. The molecule has 0 bridgehead atoms.